The highest BCUT2D eigenvalue weighted by Gasteiger charge is 2.44. The molecule has 0 spiro atoms. The second kappa shape index (κ2) is 6.05. The maximum atomic E-state index is 12.0. The first kappa shape index (κ1) is 16.1. The molecule has 3 heterocycles. The fourth-order valence-corrected chi connectivity index (χ4v) is 3.02. The smallest absolute Gasteiger partial charge is 0.249 e. The Bertz CT molecular complexity index is 825. The van der Waals surface area contributed by atoms with Crippen molar-refractivity contribution in [2.75, 3.05) is 19.4 Å². The third-order valence-electron chi connectivity index (χ3n) is 4.58. The molecule has 1 saturated heterocycles. The number of anilines is 1. The Morgan fingerprint density at radius 3 is 2.71 bits per heavy atom. The fourth-order valence-electron chi connectivity index (χ4n) is 3.02. The maximum absolute atomic E-state index is 12.0. The van der Waals surface area contributed by atoms with Gasteiger partial charge in [0, 0.05) is 20.0 Å². The fraction of sp³-hybridized carbons (Fsp3) is 0.533. The lowest BCUT2D eigenvalue weighted by Gasteiger charge is -2.18. The number of likely N-dealkylation sites (N-methyl/N-ethyl adjacent to an activating group) is 1. The van der Waals surface area contributed by atoms with Gasteiger partial charge in [0.2, 0.25) is 11.7 Å². The predicted molar refractivity (Wildman–Crippen MR) is 85.9 cm³/mol. The van der Waals surface area contributed by atoms with E-state index in [1.165, 1.54) is 0 Å². The van der Waals surface area contributed by atoms with Gasteiger partial charge in [0.25, 0.3) is 0 Å². The molecule has 0 radical (unpaired) electrons. The van der Waals surface area contributed by atoms with Crippen molar-refractivity contribution in [3.63, 3.8) is 0 Å². The van der Waals surface area contributed by atoms with Crippen LogP contribution in [-0.4, -0.2) is 45.6 Å². The van der Waals surface area contributed by atoms with E-state index in [-0.39, 0.29) is 23.6 Å². The monoisotopic (exact) mass is 329 g/mol. The quantitative estimate of drug-likeness (QED) is 0.849. The van der Waals surface area contributed by atoms with E-state index in [2.05, 4.69) is 25.6 Å². The van der Waals surface area contributed by atoms with Crippen LogP contribution in [0.25, 0.3) is 11.2 Å². The van der Waals surface area contributed by atoms with Crippen LogP contribution in [0.1, 0.15) is 25.9 Å². The molecular formula is C15H19N7O2. The number of amides is 1. The molecule has 9 nitrogen and oxygen atoms in total. The molecular weight excluding hydrogens is 310 g/mol. The van der Waals surface area contributed by atoms with Crippen LogP contribution in [0.3, 0.4) is 0 Å². The molecule has 126 valence electrons. The number of rotatable bonds is 3. The molecule has 1 aliphatic rings. The first-order chi connectivity index (χ1) is 11.5. The number of ether oxygens (including phenoxy) is 1. The molecule has 3 rings (SSSR count). The van der Waals surface area contributed by atoms with Crippen molar-refractivity contribution in [1.82, 2.24) is 24.8 Å². The van der Waals surface area contributed by atoms with Crippen LogP contribution in [0, 0.1) is 23.2 Å². The van der Waals surface area contributed by atoms with Crippen LogP contribution in [-0.2, 0) is 9.53 Å². The van der Waals surface area contributed by atoms with E-state index in [1.807, 2.05) is 19.9 Å². The number of fused-ring (bicyclic) bond motifs is 1. The second-order valence-corrected chi connectivity index (χ2v) is 5.86. The molecule has 9 heteroatoms. The van der Waals surface area contributed by atoms with Gasteiger partial charge in [0.1, 0.15) is 18.4 Å². The number of nitriles is 1. The number of hydrogen-bond acceptors (Lipinski definition) is 7. The Hall–Kier alpha value is -2.73. The van der Waals surface area contributed by atoms with E-state index < -0.39 is 12.3 Å². The van der Waals surface area contributed by atoms with Crippen LogP contribution in [0.2, 0.25) is 0 Å². The molecule has 0 aliphatic carbocycles. The number of carbonyl (C=O) groups is 1. The largest absolute Gasteiger partial charge is 0.371 e. The van der Waals surface area contributed by atoms with Gasteiger partial charge >= 0.3 is 0 Å². The highest BCUT2D eigenvalue weighted by molar-refractivity contribution is 5.83. The van der Waals surface area contributed by atoms with Gasteiger partial charge in [-0.1, -0.05) is 13.8 Å². The average Bonchev–Trinajstić information content (AvgIpc) is 3.15. The molecule has 1 fully saturated rings. The SMILES string of the molecule is CNC(=O)[C@H]1OC(n2cnc3c(NC)nc(C#N)nc32)[C@H](C)[C@@H]1C. The lowest BCUT2D eigenvalue weighted by atomic mass is 9.92. The van der Waals surface area contributed by atoms with Gasteiger partial charge in [-0.2, -0.15) is 15.2 Å². The van der Waals surface area contributed by atoms with Crippen LogP contribution >= 0.6 is 0 Å². The van der Waals surface area contributed by atoms with Crippen molar-refractivity contribution >= 4 is 22.9 Å². The zero-order chi connectivity index (χ0) is 17.4. The minimum absolute atomic E-state index is 0.0356. The molecule has 0 aromatic carbocycles. The molecule has 0 bridgehead atoms. The first-order valence-electron chi connectivity index (χ1n) is 7.71. The second-order valence-electron chi connectivity index (χ2n) is 5.86. The molecule has 2 N–H and O–H groups in total. The van der Waals surface area contributed by atoms with Gasteiger partial charge in [-0.05, 0) is 5.92 Å². The van der Waals surface area contributed by atoms with Crippen LogP contribution < -0.4 is 10.6 Å². The van der Waals surface area contributed by atoms with E-state index in [9.17, 15) is 4.79 Å². The van der Waals surface area contributed by atoms with E-state index in [4.69, 9.17) is 10.00 Å². The van der Waals surface area contributed by atoms with Gasteiger partial charge in [0.15, 0.2) is 17.0 Å². The Morgan fingerprint density at radius 1 is 1.33 bits per heavy atom. The molecule has 2 aromatic heterocycles. The van der Waals surface area contributed by atoms with Crippen molar-refractivity contribution < 1.29 is 9.53 Å². The normalized spacial score (nSPS) is 26.3. The Balaban J connectivity index is 2.07. The van der Waals surface area contributed by atoms with Crippen molar-refractivity contribution in [2.45, 2.75) is 26.2 Å². The van der Waals surface area contributed by atoms with Crippen molar-refractivity contribution in [1.29, 1.82) is 5.26 Å². The molecule has 4 atom stereocenters. The third-order valence-corrected chi connectivity index (χ3v) is 4.58. The lowest BCUT2D eigenvalue weighted by molar-refractivity contribution is -0.135. The highest BCUT2D eigenvalue weighted by atomic mass is 16.5. The number of hydrogen-bond donors (Lipinski definition) is 2. The van der Waals surface area contributed by atoms with Gasteiger partial charge in [-0.3, -0.25) is 9.36 Å². The van der Waals surface area contributed by atoms with E-state index in [0.29, 0.717) is 17.0 Å². The van der Waals surface area contributed by atoms with E-state index in [1.54, 1.807) is 25.0 Å². The number of nitrogens with one attached hydrogen (secondary N) is 2. The van der Waals surface area contributed by atoms with Gasteiger partial charge in [-0.25, -0.2) is 4.98 Å². The summed E-state index contributed by atoms with van der Waals surface area (Å²) in [6, 6.07) is 1.95. The van der Waals surface area contributed by atoms with Crippen LogP contribution in [0.15, 0.2) is 6.33 Å². The summed E-state index contributed by atoms with van der Waals surface area (Å²) in [5.41, 5.74) is 1.07. The van der Waals surface area contributed by atoms with Gasteiger partial charge in [-0.15, -0.1) is 0 Å². The number of imidazole rings is 1. The van der Waals surface area contributed by atoms with E-state index >= 15 is 0 Å². The molecule has 1 aliphatic heterocycles. The summed E-state index contributed by atoms with van der Waals surface area (Å²) in [7, 11) is 3.30. The molecule has 0 saturated carbocycles. The summed E-state index contributed by atoms with van der Waals surface area (Å²) in [4.78, 5) is 24.7. The highest BCUT2D eigenvalue weighted by Crippen LogP contribution is 2.40. The van der Waals surface area contributed by atoms with Crippen molar-refractivity contribution in [3.8, 4) is 6.07 Å². The summed E-state index contributed by atoms with van der Waals surface area (Å²) in [6.45, 7) is 4.01. The average molecular weight is 329 g/mol. The van der Waals surface area contributed by atoms with E-state index in [0.717, 1.165) is 0 Å². The Kier molecular flexibility index (Phi) is 4.07. The number of nitrogens with zero attached hydrogens (tertiary/aromatic N) is 5. The van der Waals surface area contributed by atoms with Crippen molar-refractivity contribution in [2.24, 2.45) is 11.8 Å². The summed E-state index contributed by atoms with van der Waals surface area (Å²) in [6.07, 6.45) is 0.688. The molecule has 24 heavy (non-hydrogen) atoms. The zero-order valence-corrected chi connectivity index (χ0v) is 13.9. The summed E-state index contributed by atoms with van der Waals surface area (Å²) >= 11 is 0. The van der Waals surface area contributed by atoms with Crippen molar-refractivity contribution in [3.05, 3.63) is 12.2 Å². The Morgan fingerprint density at radius 2 is 2.08 bits per heavy atom. The lowest BCUT2D eigenvalue weighted by Crippen LogP contribution is -2.35. The maximum Gasteiger partial charge on any atom is 0.249 e. The van der Waals surface area contributed by atoms with Gasteiger partial charge in [0.05, 0.1) is 6.33 Å². The first-order valence-corrected chi connectivity index (χ1v) is 7.71. The number of aromatic nitrogens is 4. The third kappa shape index (κ3) is 2.35. The minimum atomic E-state index is -0.534. The van der Waals surface area contributed by atoms with Crippen LogP contribution in [0.4, 0.5) is 5.82 Å². The zero-order valence-electron chi connectivity index (χ0n) is 13.9. The molecule has 1 amide bonds. The summed E-state index contributed by atoms with van der Waals surface area (Å²) in [5.74, 6) is 0.494. The van der Waals surface area contributed by atoms with Crippen LogP contribution in [0.5, 0.6) is 0 Å². The molecule has 1 unspecified atom stereocenters. The Labute approximate surface area is 139 Å². The predicted octanol–water partition coefficient (Wildman–Crippen LogP) is 0.655. The summed E-state index contributed by atoms with van der Waals surface area (Å²) < 4.78 is 7.75. The topological polar surface area (TPSA) is 118 Å². The number of carbonyl (C=O) groups excluding carboxylic acids is 1. The van der Waals surface area contributed by atoms with Gasteiger partial charge < -0.3 is 15.4 Å². The molecule has 2 aromatic rings. The summed E-state index contributed by atoms with van der Waals surface area (Å²) in [5, 5.41) is 14.7. The minimum Gasteiger partial charge on any atom is -0.371 e. The standard InChI is InChI=1S/C15H19N7O2/c1-7-8(2)15(24-11(7)14(23)18-4)22-6-19-10-12(17-3)20-9(5-16)21-13(10)22/h6-8,11,15H,1-4H3,(H,18,23)(H,17,20,21)/t7-,8+,11-,15?/m0/s1.